The van der Waals surface area contributed by atoms with Crippen molar-refractivity contribution in [3.05, 3.63) is 59.1 Å². The zero-order chi connectivity index (χ0) is 13.2. The van der Waals surface area contributed by atoms with E-state index >= 15 is 0 Å². The predicted octanol–water partition coefficient (Wildman–Crippen LogP) is 4.40. The average molecular weight is 273 g/mol. The highest BCUT2D eigenvalue weighted by atomic mass is 35.5. The van der Waals surface area contributed by atoms with Gasteiger partial charge in [0.25, 0.3) is 0 Å². The fourth-order valence-electron chi connectivity index (χ4n) is 2.02. The quantitative estimate of drug-likeness (QED) is 0.768. The average Bonchev–Trinajstić information content (AvgIpc) is 2.82. The molecule has 3 nitrogen and oxygen atoms in total. The zero-order valence-corrected chi connectivity index (χ0v) is 11.2. The highest BCUT2D eigenvalue weighted by Gasteiger charge is 2.04. The lowest BCUT2D eigenvalue weighted by molar-refractivity contribution is 0.520. The standard InChI is InChI=1S/C15H13ClN2O/c1-10-5-6-11-3-2-4-13(15(11)18-10)17-9-12-7-8-14(16)19-12/h2-8,17H,9H2,1H3. The van der Waals surface area contributed by atoms with E-state index < -0.39 is 0 Å². The van der Waals surface area contributed by atoms with Crippen LogP contribution in [0.3, 0.4) is 0 Å². The number of anilines is 1. The summed E-state index contributed by atoms with van der Waals surface area (Å²) in [4.78, 5) is 4.57. The smallest absolute Gasteiger partial charge is 0.193 e. The van der Waals surface area contributed by atoms with Crippen molar-refractivity contribution in [1.29, 1.82) is 0 Å². The molecule has 3 aromatic rings. The lowest BCUT2D eigenvalue weighted by Gasteiger charge is -2.08. The lowest BCUT2D eigenvalue weighted by atomic mass is 10.1. The van der Waals surface area contributed by atoms with Gasteiger partial charge in [-0.05, 0) is 42.8 Å². The maximum Gasteiger partial charge on any atom is 0.193 e. The molecule has 96 valence electrons. The van der Waals surface area contributed by atoms with Crippen LogP contribution in [0.1, 0.15) is 11.5 Å². The topological polar surface area (TPSA) is 38.1 Å². The van der Waals surface area contributed by atoms with Gasteiger partial charge < -0.3 is 9.73 Å². The van der Waals surface area contributed by atoms with Gasteiger partial charge in [-0.1, -0.05) is 18.2 Å². The Labute approximate surface area is 116 Å². The van der Waals surface area contributed by atoms with E-state index in [1.54, 1.807) is 6.07 Å². The molecule has 0 saturated heterocycles. The number of aromatic nitrogens is 1. The van der Waals surface area contributed by atoms with Crippen LogP contribution in [0.15, 0.2) is 46.9 Å². The number of pyridine rings is 1. The minimum atomic E-state index is 0.406. The maximum atomic E-state index is 5.75. The van der Waals surface area contributed by atoms with Gasteiger partial charge in [0.05, 0.1) is 17.7 Å². The van der Waals surface area contributed by atoms with Gasteiger partial charge in [0.1, 0.15) is 5.76 Å². The number of benzene rings is 1. The van der Waals surface area contributed by atoms with Gasteiger partial charge in [0.15, 0.2) is 5.22 Å². The first kappa shape index (κ1) is 12.1. The number of hydrogen-bond donors (Lipinski definition) is 1. The Bertz CT molecular complexity index is 721. The number of rotatable bonds is 3. The van der Waals surface area contributed by atoms with Crippen molar-refractivity contribution in [2.45, 2.75) is 13.5 Å². The van der Waals surface area contributed by atoms with Gasteiger partial charge >= 0.3 is 0 Å². The summed E-state index contributed by atoms with van der Waals surface area (Å²) in [5.41, 5.74) is 2.97. The summed E-state index contributed by atoms with van der Waals surface area (Å²) in [5.74, 6) is 0.801. The Morgan fingerprint density at radius 3 is 2.84 bits per heavy atom. The van der Waals surface area contributed by atoms with E-state index in [0.29, 0.717) is 11.8 Å². The van der Waals surface area contributed by atoms with Gasteiger partial charge in [-0.15, -0.1) is 0 Å². The molecule has 0 aliphatic rings. The van der Waals surface area contributed by atoms with E-state index in [1.807, 2.05) is 31.2 Å². The normalized spacial score (nSPS) is 10.8. The largest absolute Gasteiger partial charge is 0.448 e. The third-order valence-electron chi connectivity index (χ3n) is 2.94. The molecule has 3 rings (SSSR count). The van der Waals surface area contributed by atoms with Crippen LogP contribution in [0.4, 0.5) is 5.69 Å². The molecular formula is C15H13ClN2O. The van der Waals surface area contributed by atoms with E-state index in [2.05, 4.69) is 22.4 Å². The molecule has 0 spiro atoms. The number of hydrogen-bond acceptors (Lipinski definition) is 3. The monoisotopic (exact) mass is 272 g/mol. The number of fused-ring (bicyclic) bond motifs is 1. The Morgan fingerprint density at radius 2 is 2.05 bits per heavy atom. The summed E-state index contributed by atoms with van der Waals surface area (Å²) in [5, 5.41) is 4.85. The van der Waals surface area contributed by atoms with Gasteiger partial charge in [-0.2, -0.15) is 0 Å². The van der Waals surface area contributed by atoms with Crippen molar-refractivity contribution in [3.8, 4) is 0 Å². The lowest BCUT2D eigenvalue weighted by Crippen LogP contribution is -1.99. The number of nitrogens with zero attached hydrogens (tertiary/aromatic N) is 1. The second kappa shape index (κ2) is 4.94. The molecule has 0 atom stereocenters. The van der Waals surface area contributed by atoms with Crippen molar-refractivity contribution < 1.29 is 4.42 Å². The van der Waals surface area contributed by atoms with Crippen molar-refractivity contribution in [2.24, 2.45) is 0 Å². The first-order valence-corrected chi connectivity index (χ1v) is 6.44. The van der Waals surface area contributed by atoms with Gasteiger partial charge in [0.2, 0.25) is 0 Å². The van der Waals surface area contributed by atoms with E-state index in [1.165, 1.54) is 0 Å². The summed E-state index contributed by atoms with van der Waals surface area (Å²) in [6.07, 6.45) is 0. The molecule has 0 radical (unpaired) electrons. The first-order chi connectivity index (χ1) is 9.22. The van der Waals surface area contributed by atoms with Crippen molar-refractivity contribution in [2.75, 3.05) is 5.32 Å². The van der Waals surface area contributed by atoms with Crippen LogP contribution < -0.4 is 5.32 Å². The fraction of sp³-hybridized carbons (Fsp3) is 0.133. The predicted molar refractivity (Wildman–Crippen MR) is 77.5 cm³/mol. The molecule has 1 N–H and O–H groups in total. The van der Waals surface area contributed by atoms with Crippen molar-refractivity contribution in [3.63, 3.8) is 0 Å². The number of nitrogens with one attached hydrogen (secondary N) is 1. The Balaban J connectivity index is 1.90. The SMILES string of the molecule is Cc1ccc2cccc(NCc3ccc(Cl)o3)c2n1. The van der Waals surface area contributed by atoms with Crippen LogP contribution in [0.5, 0.6) is 0 Å². The third kappa shape index (κ3) is 2.56. The molecular weight excluding hydrogens is 260 g/mol. The Kier molecular flexibility index (Phi) is 3.13. The second-order valence-electron chi connectivity index (χ2n) is 4.39. The van der Waals surface area contributed by atoms with Gasteiger partial charge in [-0.25, -0.2) is 0 Å². The van der Waals surface area contributed by atoms with E-state index in [0.717, 1.165) is 28.0 Å². The van der Waals surface area contributed by atoms with E-state index in [-0.39, 0.29) is 0 Å². The summed E-state index contributed by atoms with van der Waals surface area (Å²) < 4.78 is 5.32. The number of furan rings is 1. The Morgan fingerprint density at radius 1 is 1.16 bits per heavy atom. The minimum absolute atomic E-state index is 0.406. The van der Waals surface area contributed by atoms with E-state index in [9.17, 15) is 0 Å². The first-order valence-electron chi connectivity index (χ1n) is 6.07. The van der Waals surface area contributed by atoms with Crippen molar-refractivity contribution >= 4 is 28.2 Å². The minimum Gasteiger partial charge on any atom is -0.448 e. The molecule has 0 fully saturated rings. The molecule has 2 aromatic heterocycles. The van der Waals surface area contributed by atoms with Crippen LogP contribution in [-0.4, -0.2) is 4.98 Å². The number of para-hydroxylation sites is 1. The Hall–Kier alpha value is -2.00. The summed E-state index contributed by atoms with van der Waals surface area (Å²) in [7, 11) is 0. The van der Waals surface area contributed by atoms with Crippen LogP contribution >= 0.6 is 11.6 Å². The molecule has 0 bridgehead atoms. The van der Waals surface area contributed by atoms with Crippen molar-refractivity contribution in [1.82, 2.24) is 4.98 Å². The molecule has 4 heteroatoms. The van der Waals surface area contributed by atoms with Crippen LogP contribution in [0, 0.1) is 6.92 Å². The molecule has 0 unspecified atom stereocenters. The summed E-state index contributed by atoms with van der Waals surface area (Å²) >= 11 is 5.75. The van der Waals surface area contributed by atoms with Gasteiger partial charge in [0, 0.05) is 11.1 Å². The maximum absolute atomic E-state index is 5.75. The fourth-order valence-corrected chi connectivity index (χ4v) is 2.18. The molecule has 19 heavy (non-hydrogen) atoms. The third-order valence-corrected chi connectivity index (χ3v) is 3.14. The second-order valence-corrected chi connectivity index (χ2v) is 4.76. The molecule has 2 heterocycles. The number of halogens is 1. The highest BCUT2D eigenvalue weighted by molar-refractivity contribution is 6.28. The van der Waals surface area contributed by atoms with E-state index in [4.69, 9.17) is 16.0 Å². The summed E-state index contributed by atoms with van der Waals surface area (Å²) in [6, 6.07) is 13.8. The highest BCUT2D eigenvalue weighted by Crippen LogP contribution is 2.23. The molecule has 0 aliphatic heterocycles. The van der Waals surface area contributed by atoms with Crippen LogP contribution in [0.25, 0.3) is 10.9 Å². The molecule has 0 saturated carbocycles. The zero-order valence-electron chi connectivity index (χ0n) is 10.5. The number of aryl methyl sites for hydroxylation is 1. The molecule has 1 aromatic carbocycles. The molecule has 0 amide bonds. The van der Waals surface area contributed by atoms with Crippen LogP contribution in [0.2, 0.25) is 5.22 Å². The van der Waals surface area contributed by atoms with Gasteiger partial charge in [-0.3, -0.25) is 4.98 Å². The van der Waals surface area contributed by atoms with Crippen LogP contribution in [-0.2, 0) is 6.54 Å². The summed E-state index contributed by atoms with van der Waals surface area (Å²) in [6.45, 7) is 2.57. The molecule has 0 aliphatic carbocycles.